The van der Waals surface area contributed by atoms with Gasteiger partial charge >= 0.3 is 0 Å². The monoisotopic (exact) mass is 264 g/mol. The summed E-state index contributed by atoms with van der Waals surface area (Å²) in [6.45, 7) is 2.09. The van der Waals surface area contributed by atoms with Gasteiger partial charge in [0.1, 0.15) is 0 Å². The molecule has 4 heteroatoms. The molecule has 90 valence electrons. The Bertz CT molecular complexity index is 400. The van der Waals surface area contributed by atoms with Crippen molar-refractivity contribution >= 4 is 25.3 Å². The minimum absolute atomic E-state index is 0.0527. The van der Waals surface area contributed by atoms with E-state index in [1.165, 1.54) is 5.56 Å². The first-order chi connectivity index (χ1) is 8.20. The zero-order valence-electron chi connectivity index (χ0n) is 9.58. The number of likely N-dealkylation sites (tertiary alicyclic amines) is 1. The van der Waals surface area contributed by atoms with Crippen LogP contribution in [0.1, 0.15) is 29.9 Å². The van der Waals surface area contributed by atoms with Crippen LogP contribution in [-0.2, 0) is 0 Å². The fourth-order valence-corrected chi connectivity index (χ4v) is 2.76. The molecular formula is C13H16N2S2. The van der Waals surface area contributed by atoms with E-state index in [0.29, 0.717) is 5.92 Å². The smallest absolute Gasteiger partial charge is 0.0991 e. The van der Waals surface area contributed by atoms with Crippen molar-refractivity contribution in [3.63, 3.8) is 0 Å². The van der Waals surface area contributed by atoms with Crippen molar-refractivity contribution in [3.05, 3.63) is 35.4 Å². The lowest BCUT2D eigenvalue weighted by Gasteiger charge is -2.33. The summed E-state index contributed by atoms with van der Waals surface area (Å²) in [7, 11) is 0. The zero-order valence-corrected chi connectivity index (χ0v) is 11.4. The number of nitriles is 1. The van der Waals surface area contributed by atoms with Crippen molar-refractivity contribution in [2.75, 3.05) is 13.1 Å². The Hall–Kier alpha value is -0.630. The summed E-state index contributed by atoms with van der Waals surface area (Å²) in [5.41, 5.74) is 2.08. The normalized spacial score (nSPS) is 18.2. The molecule has 1 aromatic carbocycles. The van der Waals surface area contributed by atoms with Crippen LogP contribution in [0.3, 0.4) is 0 Å². The number of hydrogen-bond donors (Lipinski definition) is 2. The second kappa shape index (κ2) is 5.81. The number of hydrogen-bond acceptors (Lipinski definition) is 4. The van der Waals surface area contributed by atoms with Gasteiger partial charge in [0, 0.05) is 13.1 Å². The maximum Gasteiger partial charge on any atom is 0.0991 e. The Kier molecular flexibility index (Phi) is 4.38. The van der Waals surface area contributed by atoms with E-state index in [-0.39, 0.29) is 4.71 Å². The molecular weight excluding hydrogens is 248 g/mol. The van der Waals surface area contributed by atoms with Crippen LogP contribution in [0, 0.1) is 11.3 Å². The molecule has 1 aliphatic heterocycles. The highest BCUT2D eigenvalue weighted by Gasteiger charge is 2.22. The largest absolute Gasteiger partial charge is 0.283 e. The van der Waals surface area contributed by atoms with Crippen LogP contribution in [0.4, 0.5) is 0 Å². The highest BCUT2D eigenvalue weighted by molar-refractivity contribution is 7.99. The summed E-state index contributed by atoms with van der Waals surface area (Å²) in [4.78, 5) is 2.27. The fourth-order valence-electron chi connectivity index (χ4n) is 2.29. The molecule has 0 radical (unpaired) electrons. The SMILES string of the molecule is N#Cc1ccc(C2CCN(C(S)S)CC2)cc1. The maximum atomic E-state index is 8.76. The van der Waals surface area contributed by atoms with E-state index in [9.17, 15) is 0 Å². The van der Waals surface area contributed by atoms with E-state index in [2.05, 4.69) is 48.4 Å². The van der Waals surface area contributed by atoms with E-state index >= 15 is 0 Å². The summed E-state index contributed by atoms with van der Waals surface area (Å²) >= 11 is 8.68. The maximum absolute atomic E-state index is 8.76. The van der Waals surface area contributed by atoms with E-state index < -0.39 is 0 Å². The lowest BCUT2D eigenvalue weighted by molar-refractivity contribution is 0.235. The summed E-state index contributed by atoms with van der Waals surface area (Å²) in [6.07, 6.45) is 2.28. The first-order valence-electron chi connectivity index (χ1n) is 5.81. The van der Waals surface area contributed by atoms with Gasteiger partial charge in [-0.2, -0.15) is 5.26 Å². The third-order valence-electron chi connectivity index (χ3n) is 3.37. The van der Waals surface area contributed by atoms with Crippen LogP contribution < -0.4 is 0 Å². The summed E-state index contributed by atoms with van der Waals surface area (Å²) in [6, 6.07) is 10.1. The third-order valence-corrected chi connectivity index (χ3v) is 4.02. The molecule has 0 unspecified atom stereocenters. The van der Waals surface area contributed by atoms with Gasteiger partial charge in [0.25, 0.3) is 0 Å². The Morgan fingerprint density at radius 2 is 1.76 bits per heavy atom. The average molecular weight is 264 g/mol. The molecule has 2 rings (SSSR count). The van der Waals surface area contributed by atoms with E-state index in [0.717, 1.165) is 31.5 Å². The molecule has 1 aromatic rings. The second-order valence-corrected chi connectivity index (χ2v) is 5.78. The quantitative estimate of drug-likeness (QED) is 0.635. The van der Waals surface area contributed by atoms with Gasteiger partial charge in [-0.05, 0) is 36.5 Å². The predicted molar refractivity (Wildman–Crippen MR) is 76.5 cm³/mol. The van der Waals surface area contributed by atoms with Gasteiger partial charge in [0.05, 0.1) is 16.3 Å². The topological polar surface area (TPSA) is 27.0 Å². The molecule has 1 aliphatic rings. The van der Waals surface area contributed by atoms with Crippen molar-refractivity contribution in [1.82, 2.24) is 4.90 Å². The highest BCUT2D eigenvalue weighted by atomic mass is 32.2. The minimum atomic E-state index is 0.0527. The van der Waals surface area contributed by atoms with Crippen molar-refractivity contribution in [3.8, 4) is 6.07 Å². The highest BCUT2D eigenvalue weighted by Crippen LogP contribution is 2.29. The lowest BCUT2D eigenvalue weighted by atomic mass is 9.89. The first-order valence-corrected chi connectivity index (χ1v) is 6.84. The van der Waals surface area contributed by atoms with Crippen LogP contribution in [0.2, 0.25) is 0 Å². The molecule has 0 bridgehead atoms. The molecule has 17 heavy (non-hydrogen) atoms. The molecule has 0 amide bonds. The number of benzene rings is 1. The molecule has 0 aromatic heterocycles. The average Bonchev–Trinajstić information content (AvgIpc) is 2.39. The standard InChI is InChI=1S/C13H16N2S2/c14-9-10-1-3-11(4-2-10)12-5-7-15(8-6-12)13(16)17/h1-4,12-13,16-17H,5-8H2. The number of piperidine rings is 1. The van der Waals surface area contributed by atoms with Crippen LogP contribution in [0.25, 0.3) is 0 Å². The van der Waals surface area contributed by atoms with Crippen molar-refractivity contribution in [1.29, 1.82) is 5.26 Å². The zero-order chi connectivity index (χ0) is 12.3. The Labute approximate surface area is 113 Å². The minimum Gasteiger partial charge on any atom is -0.283 e. The van der Waals surface area contributed by atoms with E-state index in [4.69, 9.17) is 5.26 Å². The van der Waals surface area contributed by atoms with Crippen LogP contribution in [0.15, 0.2) is 24.3 Å². The molecule has 0 spiro atoms. The van der Waals surface area contributed by atoms with E-state index in [1.807, 2.05) is 12.1 Å². The van der Waals surface area contributed by atoms with Crippen molar-refractivity contribution in [2.45, 2.75) is 23.5 Å². The van der Waals surface area contributed by atoms with Gasteiger partial charge in [-0.15, -0.1) is 25.3 Å². The Morgan fingerprint density at radius 3 is 2.24 bits per heavy atom. The van der Waals surface area contributed by atoms with Crippen LogP contribution in [0.5, 0.6) is 0 Å². The number of nitrogens with zero attached hydrogens (tertiary/aromatic N) is 2. The molecule has 1 heterocycles. The van der Waals surface area contributed by atoms with Gasteiger partial charge in [-0.1, -0.05) is 12.1 Å². The summed E-state index contributed by atoms with van der Waals surface area (Å²) in [5.74, 6) is 0.611. The van der Waals surface area contributed by atoms with Crippen molar-refractivity contribution in [2.24, 2.45) is 0 Å². The lowest BCUT2D eigenvalue weighted by Crippen LogP contribution is -2.35. The molecule has 1 fully saturated rings. The first kappa shape index (κ1) is 12.8. The molecule has 2 nitrogen and oxygen atoms in total. The van der Waals surface area contributed by atoms with E-state index in [1.54, 1.807) is 0 Å². The molecule has 0 atom stereocenters. The number of rotatable bonds is 2. The second-order valence-electron chi connectivity index (χ2n) is 4.39. The van der Waals surface area contributed by atoms with Gasteiger partial charge < -0.3 is 0 Å². The van der Waals surface area contributed by atoms with Crippen molar-refractivity contribution < 1.29 is 0 Å². The van der Waals surface area contributed by atoms with Gasteiger partial charge in [0.15, 0.2) is 0 Å². The molecule has 0 saturated carbocycles. The Morgan fingerprint density at radius 1 is 1.18 bits per heavy atom. The van der Waals surface area contributed by atoms with Crippen LogP contribution in [-0.4, -0.2) is 22.7 Å². The van der Waals surface area contributed by atoms with Gasteiger partial charge in [-0.25, -0.2) is 0 Å². The van der Waals surface area contributed by atoms with Gasteiger partial charge in [-0.3, -0.25) is 4.90 Å². The molecule has 0 aliphatic carbocycles. The third kappa shape index (κ3) is 3.19. The molecule has 1 saturated heterocycles. The Balaban J connectivity index is 1.98. The predicted octanol–water partition coefficient (Wildman–Crippen LogP) is 2.88. The fraction of sp³-hybridized carbons (Fsp3) is 0.462. The van der Waals surface area contributed by atoms with Crippen LogP contribution >= 0.6 is 25.3 Å². The summed E-state index contributed by atoms with van der Waals surface area (Å²) in [5, 5.41) is 8.76. The number of thiol groups is 2. The van der Waals surface area contributed by atoms with Gasteiger partial charge in [0.2, 0.25) is 0 Å². The molecule has 0 N–H and O–H groups in total. The summed E-state index contributed by atoms with van der Waals surface area (Å²) < 4.78 is 0.0527.